The molecule has 0 bridgehead atoms. The third-order valence-electron chi connectivity index (χ3n) is 3.36. The zero-order valence-electron chi connectivity index (χ0n) is 13.8. The monoisotopic (exact) mass is 331 g/mol. The number of nitrogens with zero attached hydrogens (tertiary/aromatic N) is 1. The van der Waals surface area contributed by atoms with E-state index < -0.39 is 6.04 Å². The summed E-state index contributed by atoms with van der Waals surface area (Å²) < 4.78 is 18.4. The first kappa shape index (κ1) is 17.9. The Bertz CT molecular complexity index is 657. The predicted octanol–water partition coefficient (Wildman–Crippen LogP) is 3.00. The van der Waals surface area contributed by atoms with E-state index in [1.54, 1.807) is 18.3 Å². The molecule has 1 amide bonds. The van der Waals surface area contributed by atoms with Gasteiger partial charge in [-0.15, -0.1) is 0 Å². The van der Waals surface area contributed by atoms with Crippen LogP contribution in [-0.4, -0.2) is 16.9 Å². The molecule has 1 aromatic carbocycles. The highest BCUT2D eigenvalue weighted by Gasteiger charge is 2.14. The van der Waals surface area contributed by atoms with Crippen molar-refractivity contribution in [2.24, 2.45) is 11.7 Å². The van der Waals surface area contributed by atoms with Gasteiger partial charge in [0.05, 0.1) is 6.04 Å². The van der Waals surface area contributed by atoms with Crippen molar-refractivity contribution in [2.45, 2.75) is 32.9 Å². The first-order chi connectivity index (χ1) is 11.4. The summed E-state index contributed by atoms with van der Waals surface area (Å²) in [6, 6.07) is 8.69. The molecular formula is C18H22FN3O2. The van der Waals surface area contributed by atoms with Crippen molar-refractivity contribution in [1.29, 1.82) is 0 Å². The molecule has 1 heterocycles. The van der Waals surface area contributed by atoms with Crippen LogP contribution in [0.4, 0.5) is 4.39 Å². The quantitative estimate of drug-likeness (QED) is 0.817. The second-order valence-corrected chi connectivity index (χ2v) is 6.01. The second-order valence-electron chi connectivity index (χ2n) is 6.01. The molecule has 2 aromatic rings. The number of carbonyl (C=O) groups is 1. The number of pyridine rings is 1. The number of nitrogens with one attached hydrogen (secondary N) is 1. The Kier molecular flexibility index (Phi) is 6.26. The van der Waals surface area contributed by atoms with Gasteiger partial charge in [-0.25, -0.2) is 9.37 Å². The van der Waals surface area contributed by atoms with Gasteiger partial charge in [-0.1, -0.05) is 19.9 Å². The van der Waals surface area contributed by atoms with Crippen LogP contribution < -0.4 is 15.8 Å². The van der Waals surface area contributed by atoms with Crippen molar-refractivity contribution < 1.29 is 13.9 Å². The van der Waals surface area contributed by atoms with E-state index in [4.69, 9.17) is 10.5 Å². The van der Waals surface area contributed by atoms with Gasteiger partial charge in [0.2, 0.25) is 11.8 Å². The van der Waals surface area contributed by atoms with Crippen LogP contribution in [0.15, 0.2) is 42.6 Å². The molecule has 6 heteroatoms. The minimum Gasteiger partial charge on any atom is -0.439 e. The molecule has 1 aromatic heterocycles. The predicted molar refractivity (Wildman–Crippen MR) is 90.0 cm³/mol. The summed E-state index contributed by atoms with van der Waals surface area (Å²) in [5, 5.41) is 2.79. The van der Waals surface area contributed by atoms with E-state index in [-0.39, 0.29) is 11.7 Å². The first-order valence-corrected chi connectivity index (χ1v) is 7.85. The number of halogens is 1. The van der Waals surface area contributed by atoms with Crippen molar-refractivity contribution in [3.63, 3.8) is 0 Å². The molecule has 0 saturated carbocycles. The van der Waals surface area contributed by atoms with Gasteiger partial charge in [-0.3, -0.25) is 4.79 Å². The van der Waals surface area contributed by atoms with Crippen LogP contribution in [0.2, 0.25) is 0 Å². The standard InChI is InChI=1S/C18H22FN3O2/c1-12(2)9-16(20)18(23)22-11-13-3-8-17(21-10-13)24-15-6-4-14(19)5-7-15/h3-8,10,12,16H,9,11,20H2,1-2H3,(H,22,23)/t16-/m0/s1. The highest BCUT2D eigenvalue weighted by Crippen LogP contribution is 2.19. The van der Waals surface area contributed by atoms with Crippen molar-refractivity contribution >= 4 is 5.91 Å². The highest BCUT2D eigenvalue weighted by atomic mass is 19.1. The molecule has 0 aliphatic rings. The number of hydrogen-bond acceptors (Lipinski definition) is 4. The molecule has 0 spiro atoms. The minimum atomic E-state index is -0.501. The van der Waals surface area contributed by atoms with Crippen molar-refractivity contribution in [2.75, 3.05) is 0 Å². The van der Waals surface area contributed by atoms with Crippen LogP contribution >= 0.6 is 0 Å². The van der Waals surface area contributed by atoms with Gasteiger partial charge in [-0.05, 0) is 42.2 Å². The Hall–Kier alpha value is -2.47. The van der Waals surface area contributed by atoms with Crippen LogP contribution in [0.1, 0.15) is 25.8 Å². The number of aromatic nitrogens is 1. The van der Waals surface area contributed by atoms with Crippen LogP contribution in [0.25, 0.3) is 0 Å². The Morgan fingerprint density at radius 1 is 1.25 bits per heavy atom. The Morgan fingerprint density at radius 2 is 1.96 bits per heavy atom. The van der Waals surface area contributed by atoms with E-state index >= 15 is 0 Å². The van der Waals surface area contributed by atoms with Gasteiger partial charge in [0, 0.05) is 18.8 Å². The van der Waals surface area contributed by atoms with Gasteiger partial charge in [0.25, 0.3) is 0 Å². The summed E-state index contributed by atoms with van der Waals surface area (Å²) in [7, 11) is 0. The number of amides is 1. The number of nitrogens with two attached hydrogens (primary N) is 1. The van der Waals surface area contributed by atoms with Gasteiger partial charge in [0.15, 0.2) is 0 Å². The lowest BCUT2D eigenvalue weighted by Gasteiger charge is -2.14. The van der Waals surface area contributed by atoms with Gasteiger partial charge in [0.1, 0.15) is 11.6 Å². The fourth-order valence-electron chi connectivity index (χ4n) is 2.13. The van der Waals surface area contributed by atoms with Crippen molar-refractivity contribution in [3.05, 3.63) is 54.0 Å². The van der Waals surface area contributed by atoms with E-state index in [0.717, 1.165) is 5.56 Å². The Balaban J connectivity index is 1.85. The maximum atomic E-state index is 12.8. The number of ether oxygens (including phenoxy) is 1. The summed E-state index contributed by atoms with van der Waals surface area (Å²) in [5.41, 5.74) is 6.67. The number of hydrogen-bond donors (Lipinski definition) is 2. The fraction of sp³-hybridized carbons (Fsp3) is 0.333. The van der Waals surface area contributed by atoms with Gasteiger partial charge >= 0.3 is 0 Å². The highest BCUT2D eigenvalue weighted by molar-refractivity contribution is 5.81. The molecule has 1 atom stereocenters. The van der Waals surface area contributed by atoms with Crippen LogP contribution in [0.3, 0.4) is 0 Å². The topological polar surface area (TPSA) is 77.2 Å². The van der Waals surface area contributed by atoms with Crippen LogP contribution in [0.5, 0.6) is 11.6 Å². The molecule has 0 unspecified atom stereocenters. The average Bonchev–Trinajstić information content (AvgIpc) is 2.55. The number of benzene rings is 1. The third kappa shape index (κ3) is 5.62. The summed E-state index contributed by atoms with van der Waals surface area (Å²) in [6.07, 6.45) is 2.27. The molecular weight excluding hydrogens is 309 g/mol. The smallest absolute Gasteiger partial charge is 0.237 e. The fourth-order valence-corrected chi connectivity index (χ4v) is 2.13. The maximum Gasteiger partial charge on any atom is 0.237 e. The Labute approximate surface area is 141 Å². The van der Waals surface area contributed by atoms with E-state index in [1.165, 1.54) is 24.3 Å². The van der Waals surface area contributed by atoms with Crippen molar-refractivity contribution in [1.82, 2.24) is 10.3 Å². The summed E-state index contributed by atoms with van der Waals surface area (Å²) in [4.78, 5) is 16.0. The summed E-state index contributed by atoms with van der Waals surface area (Å²) in [6.45, 7) is 4.41. The van der Waals surface area contributed by atoms with Crippen molar-refractivity contribution in [3.8, 4) is 11.6 Å². The molecule has 24 heavy (non-hydrogen) atoms. The van der Waals surface area contributed by atoms with E-state index in [1.807, 2.05) is 13.8 Å². The largest absolute Gasteiger partial charge is 0.439 e. The third-order valence-corrected chi connectivity index (χ3v) is 3.36. The molecule has 0 fully saturated rings. The van der Waals surface area contributed by atoms with Gasteiger partial charge < -0.3 is 15.8 Å². The lowest BCUT2D eigenvalue weighted by atomic mass is 10.0. The molecule has 3 N–H and O–H groups in total. The number of carbonyl (C=O) groups excluding carboxylic acids is 1. The Morgan fingerprint density at radius 3 is 2.54 bits per heavy atom. The van der Waals surface area contributed by atoms with Crippen LogP contribution in [-0.2, 0) is 11.3 Å². The molecule has 0 radical (unpaired) electrons. The normalized spacial score (nSPS) is 12.0. The maximum absolute atomic E-state index is 12.8. The minimum absolute atomic E-state index is 0.171. The summed E-state index contributed by atoms with van der Waals surface area (Å²) >= 11 is 0. The first-order valence-electron chi connectivity index (χ1n) is 7.85. The average molecular weight is 331 g/mol. The van der Waals surface area contributed by atoms with E-state index in [9.17, 15) is 9.18 Å². The summed E-state index contributed by atoms with van der Waals surface area (Å²) in [5.74, 6) is 0.778. The molecule has 2 rings (SSSR count). The lowest BCUT2D eigenvalue weighted by Crippen LogP contribution is -2.41. The molecule has 0 aliphatic heterocycles. The molecule has 0 aliphatic carbocycles. The molecule has 0 saturated heterocycles. The van der Waals surface area contributed by atoms with Gasteiger partial charge in [-0.2, -0.15) is 0 Å². The number of rotatable bonds is 7. The zero-order chi connectivity index (χ0) is 17.5. The molecule has 128 valence electrons. The zero-order valence-corrected chi connectivity index (χ0v) is 13.8. The second kappa shape index (κ2) is 8.40. The lowest BCUT2D eigenvalue weighted by molar-refractivity contribution is -0.122. The van der Waals surface area contributed by atoms with Crippen LogP contribution in [0, 0.1) is 11.7 Å². The SMILES string of the molecule is CC(C)C[C@H](N)C(=O)NCc1ccc(Oc2ccc(F)cc2)nc1. The molecule has 5 nitrogen and oxygen atoms in total. The van der Waals surface area contributed by atoms with E-state index in [0.29, 0.717) is 30.5 Å². The van der Waals surface area contributed by atoms with E-state index in [2.05, 4.69) is 10.3 Å².